The lowest BCUT2D eigenvalue weighted by Gasteiger charge is -2.25. The first-order valence-electron chi connectivity index (χ1n) is 11.3. The summed E-state index contributed by atoms with van der Waals surface area (Å²) in [7, 11) is 2.88. The van der Waals surface area contributed by atoms with Crippen LogP contribution in [-0.2, 0) is 11.2 Å². The van der Waals surface area contributed by atoms with Crippen molar-refractivity contribution in [3.05, 3.63) is 111 Å². The maximum atomic E-state index is 13.9. The van der Waals surface area contributed by atoms with Gasteiger partial charge in [-0.05, 0) is 60.0 Å². The molecule has 1 atom stereocenters. The van der Waals surface area contributed by atoms with Gasteiger partial charge in [0.2, 0.25) is 5.76 Å². The van der Waals surface area contributed by atoms with E-state index in [9.17, 15) is 18.8 Å². The number of methoxy groups -OCH3 is 2. The van der Waals surface area contributed by atoms with E-state index in [-0.39, 0.29) is 22.3 Å². The van der Waals surface area contributed by atoms with Crippen LogP contribution in [0.2, 0.25) is 0 Å². The van der Waals surface area contributed by atoms with Crippen molar-refractivity contribution in [1.82, 2.24) is 4.90 Å². The van der Waals surface area contributed by atoms with E-state index in [0.29, 0.717) is 24.1 Å². The summed E-state index contributed by atoms with van der Waals surface area (Å²) in [6, 6.07) is 16.9. The minimum atomic E-state index is -0.763. The summed E-state index contributed by atoms with van der Waals surface area (Å²) in [5.74, 6) is -0.836. The van der Waals surface area contributed by atoms with Gasteiger partial charge in [-0.3, -0.25) is 9.59 Å². The molecule has 182 valence electrons. The van der Waals surface area contributed by atoms with Crippen LogP contribution in [0.15, 0.2) is 75.9 Å². The number of hydrogen-bond donors (Lipinski definition) is 0. The van der Waals surface area contributed by atoms with Crippen molar-refractivity contribution in [3.63, 3.8) is 0 Å². The van der Waals surface area contributed by atoms with Crippen molar-refractivity contribution in [2.45, 2.75) is 12.5 Å². The van der Waals surface area contributed by atoms with Crippen molar-refractivity contribution in [2.75, 3.05) is 20.8 Å². The Bertz CT molecular complexity index is 1530. The number of rotatable bonds is 6. The Morgan fingerprint density at radius 2 is 1.72 bits per heavy atom. The number of esters is 1. The maximum Gasteiger partial charge on any atom is 0.337 e. The molecule has 0 aliphatic carbocycles. The summed E-state index contributed by atoms with van der Waals surface area (Å²) in [5, 5.41) is 0.0646. The van der Waals surface area contributed by atoms with Crippen molar-refractivity contribution in [3.8, 4) is 5.75 Å². The van der Waals surface area contributed by atoms with Crippen molar-refractivity contribution >= 4 is 22.8 Å². The van der Waals surface area contributed by atoms with E-state index < -0.39 is 29.2 Å². The zero-order valence-corrected chi connectivity index (χ0v) is 19.6. The van der Waals surface area contributed by atoms with E-state index in [1.165, 1.54) is 19.2 Å². The van der Waals surface area contributed by atoms with Crippen LogP contribution in [0.3, 0.4) is 0 Å². The Kier molecular flexibility index (Phi) is 6.01. The molecule has 7 nitrogen and oxygen atoms in total. The van der Waals surface area contributed by atoms with Crippen LogP contribution in [0.1, 0.15) is 43.6 Å². The fourth-order valence-electron chi connectivity index (χ4n) is 4.53. The molecule has 0 N–H and O–H groups in total. The predicted octanol–water partition coefficient (Wildman–Crippen LogP) is 4.52. The molecule has 2 heterocycles. The number of halogens is 1. The summed E-state index contributed by atoms with van der Waals surface area (Å²) in [4.78, 5) is 40.5. The molecule has 0 radical (unpaired) electrons. The number of carbonyl (C=O) groups excluding carboxylic acids is 2. The first-order chi connectivity index (χ1) is 17.4. The van der Waals surface area contributed by atoms with Crippen LogP contribution in [0.4, 0.5) is 4.39 Å². The Morgan fingerprint density at radius 3 is 2.39 bits per heavy atom. The SMILES string of the molecule is COC(=O)c1ccc([C@H]2c3c(oc4ccc(F)cc4c3=O)C(=O)N2CCc2ccc(OC)cc2)cc1. The smallest absolute Gasteiger partial charge is 0.337 e. The van der Waals surface area contributed by atoms with Gasteiger partial charge in [-0.25, -0.2) is 9.18 Å². The summed E-state index contributed by atoms with van der Waals surface area (Å²) >= 11 is 0. The van der Waals surface area contributed by atoms with Crippen molar-refractivity contribution in [2.24, 2.45) is 0 Å². The van der Waals surface area contributed by atoms with Gasteiger partial charge in [0.15, 0.2) is 5.43 Å². The molecule has 0 saturated heterocycles. The number of fused-ring (bicyclic) bond motifs is 2. The second kappa shape index (κ2) is 9.30. The Morgan fingerprint density at radius 1 is 1.00 bits per heavy atom. The Labute approximate surface area is 205 Å². The zero-order chi connectivity index (χ0) is 25.4. The molecule has 0 saturated carbocycles. The van der Waals surface area contributed by atoms with Gasteiger partial charge in [-0.15, -0.1) is 0 Å². The van der Waals surface area contributed by atoms with E-state index in [1.54, 1.807) is 36.3 Å². The van der Waals surface area contributed by atoms with Gasteiger partial charge in [-0.2, -0.15) is 0 Å². The van der Waals surface area contributed by atoms with E-state index in [1.807, 2.05) is 24.3 Å². The van der Waals surface area contributed by atoms with Crippen molar-refractivity contribution in [1.29, 1.82) is 0 Å². The second-order valence-electron chi connectivity index (χ2n) is 8.43. The summed E-state index contributed by atoms with van der Waals surface area (Å²) in [6.07, 6.45) is 0.517. The van der Waals surface area contributed by atoms with E-state index in [0.717, 1.165) is 17.4 Å². The molecule has 0 unspecified atom stereocenters. The fraction of sp³-hybridized carbons (Fsp3) is 0.179. The fourth-order valence-corrected chi connectivity index (χ4v) is 4.53. The lowest BCUT2D eigenvalue weighted by Crippen LogP contribution is -2.31. The van der Waals surface area contributed by atoms with Gasteiger partial charge in [0.05, 0.1) is 36.8 Å². The molecule has 0 bridgehead atoms. The van der Waals surface area contributed by atoms with Crippen LogP contribution < -0.4 is 10.2 Å². The van der Waals surface area contributed by atoms with E-state index >= 15 is 0 Å². The maximum absolute atomic E-state index is 13.9. The number of nitrogens with zero attached hydrogens (tertiary/aromatic N) is 1. The molecule has 36 heavy (non-hydrogen) atoms. The standard InChI is InChI=1S/C28H22FNO6/c1-34-20-10-3-16(4-11-20)13-14-30-24(17-5-7-18(8-6-17)28(33)35-2)23-25(31)21-15-19(29)9-12-22(21)36-26(23)27(30)32/h3-12,15,24H,13-14H2,1-2H3/t24-/m0/s1. The van der Waals surface area contributed by atoms with Crippen LogP contribution in [0.5, 0.6) is 5.75 Å². The molecule has 1 aliphatic rings. The molecule has 5 rings (SSSR count). The highest BCUT2D eigenvalue weighted by Crippen LogP contribution is 2.38. The number of carbonyl (C=O) groups is 2. The van der Waals surface area contributed by atoms with Gasteiger partial charge < -0.3 is 18.8 Å². The van der Waals surface area contributed by atoms with Gasteiger partial charge in [-0.1, -0.05) is 24.3 Å². The normalized spacial score (nSPS) is 14.7. The number of hydrogen-bond acceptors (Lipinski definition) is 6. The first-order valence-corrected chi connectivity index (χ1v) is 11.3. The minimum Gasteiger partial charge on any atom is -0.497 e. The molecule has 1 aromatic heterocycles. The highest BCUT2D eigenvalue weighted by atomic mass is 19.1. The number of amides is 1. The Balaban J connectivity index is 1.59. The third-order valence-electron chi connectivity index (χ3n) is 6.38. The van der Waals surface area contributed by atoms with Gasteiger partial charge in [0.1, 0.15) is 17.1 Å². The third kappa shape index (κ3) is 4.00. The first kappa shape index (κ1) is 23.3. The molecule has 0 fully saturated rings. The minimum absolute atomic E-state index is 0.0594. The Hall–Kier alpha value is -4.46. The average molecular weight is 487 g/mol. The molecule has 0 spiro atoms. The molecular formula is C28H22FNO6. The number of benzene rings is 3. The summed E-state index contributed by atoms with van der Waals surface area (Å²) < 4.78 is 29.8. The van der Waals surface area contributed by atoms with Gasteiger partial charge in [0, 0.05) is 6.54 Å². The quantitative estimate of drug-likeness (QED) is 0.372. The third-order valence-corrected chi connectivity index (χ3v) is 6.38. The largest absolute Gasteiger partial charge is 0.497 e. The molecule has 8 heteroatoms. The van der Waals surface area contributed by atoms with Crippen LogP contribution in [0, 0.1) is 5.82 Å². The molecular weight excluding hydrogens is 465 g/mol. The topological polar surface area (TPSA) is 86.0 Å². The van der Waals surface area contributed by atoms with Gasteiger partial charge in [0.25, 0.3) is 5.91 Å². The van der Waals surface area contributed by atoms with Gasteiger partial charge >= 0.3 is 5.97 Å². The van der Waals surface area contributed by atoms with Crippen LogP contribution >= 0.6 is 0 Å². The van der Waals surface area contributed by atoms with E-state index in [2.05, 4.69) is 0 Å². The summed E-state index contributed by atoms with van der Waals surface area (Å²) in [5.41, 5.74) is 1.76. The second-order valence-corrected chi connectivity index (χ2v) is 8.43. The molecule has 3 aromatic carbocycles. The summed E-state index contributed by atoms with van der Waals surface area (Å²) in [6.45, 7) is 0.295. The highest BCUT2D eigenvalue weighted by Gasteiger charge is 2.42. The number of ether oxygens (including phenoxy) is 2. The average Bonchev–Trinajstić information content (AvgIpc) is 3.19. The van der Waals surface area contributed by atoms with Crippen molar-refractivity contribution < 1.29 is 27.9 Å². The molecule has 4 aromatic rings. The van der Waals surface area contributed by atoms with Crippen LogP contribution in [0.25, 0.3) is 11.0 Å². The molecule has 1 amide bonds. The lowest BCUT2D eigenvalue weighted by molar-refractivity contribution is 0.0600. The predicted molar refractivity (Wildman–Crippen MR) is 130 cm³/mol. The lowest BCUT2D eigenvalue weighted by atomic mass is 9.97. The van der Waals surface area contributed by atoms with E-state index in [4.69, 9.17) is 13.9 Å². The molecule has 1 aliphatic heterocycles. The monoisotopic (exact) mass is 487 g/mol. The van der Waals surface area contributed by atoms with Crippen LogP contribution in [-0.4, -0.2) is 37.5 Å². The highest BCUT2D eigenvalue weighted by molar-refractivity contribution is 5.99. The zero-order valence-electron chi connectivity index (χ0n) is 19.6.